The van der Waals surface area contributed by atoms with E-state index < -0.39 is 0 Å². The fourth-order valence-corrected chi connectivity index (χ4v) is 2.35. The van der Waals surface area contributed by atoms with E-state index in [0.717, 1.165) is 38.8 Å². The molecule has 1 aliphatic carbocycles. The molecule has 0 atom stereocenters. The van der Waals surface area contributed by atoms with Crippen LogP contribution in [-0.4, -0.2) is 24.7 Å². The van der Waals surface area contributed by atoms with E-state index in [0.29, 0.717) is 5.92 Å². The van der Waals surface area contributed by atoms with Gasteiger partial charge in [-0.25, -0.2) is 0 Å². The van der Waals surface area contributed by atoms with Crippen molar-refractivity contribution in [1.82, 2.24) is 5.32 Å². The van der Waals surface area contributed by atoms with Crippen molar-refractivity contribution in [2.45, 2.75) is 52.1 Å². The van der Waals surface area contributed by atoms with E-state index in [4.69, 9.17) is 4.74 Å². The molecule has 0 unspecified atom stereocenters. The van der Waals surface area contributed by atoms with Crippen molar-refractivity contribution in [3.8, 4) is 0 Å². The minimum Gasteiger partial charge on any atom is -0.459 e. The normalized spacial score (nSPS) is 25.2. The summed E-state index contributed by atoms with van der Waals surface area (Å²) in [5.74, 6) is 0.510. The summed E-state index contributed by atoms with van der Waals surface area (Å²) in [4.78, 5) is 11.9. The van der Waals surface area contributed by atoms with Crippen LogP contribution >= 0.6 is 0 Å². The molecule has 3 nitrogen and oxygen atoms in total. The second kappa shape index (κ2) is 4.02. The fraction of sp³-hybridized carbons (Fsp3) is 0.923. The van der Waals surface area contributed by atoms with Gasteiger partial charge in [-0.1, -0.05) is 0 Å². The molecule has 0 spiro atoms. The van der Waals surface area contributed by atoms with Crippen molar-refractivity contribution in [3.63, 3.8) is 0 Å². The average molecular weight is 225 g/mol. The molecular weight excluding hydrogens is 202 g/mol. The number of rotatable bonds is 3. The smallest absolute Gasteiger partial charge is 0.312 e. The highest BCUT2D eigenvalue weighted by molar-refractivity contribution is 5.79. The minimum absolute atomic E-state index is 0.0102. The Morgan fingerprint density at radius 1 is 1.31 bits per heavy atom. The van der Waals surface area contributed by atoms with Crippen LogP contribution in [0.3, 0.4) is 0 Å². The Bertz CT molecular complexity index is 276. The standard InChI is InChI=1S/C13H23NO2/c1-12(2,10-4-8-14-9-5-10)16-11(15)13(3)6-7-13/h10,14H,4-9H2,1-3H3. The van der Waals surface area contributed by atoms with Gasteiger partial charge in [-0.2, -0.15) is 0 Å². The maximum atomic E-state index is 11.9. The van der Waals surface area contributed by atoms with Crippen LogP contribution in [0, 0.1) is 11.3 Å². The molecule has 2 fully saturated rings. The largest absolute Gasteiger partial charge is 0.459 e. The Morgan fingerprint density at radius 3 is 2.38 bits per heavy atom. The number of hydrogen-bond acceptors (Lipinski definition) is 3. The summed E-state index contributed by atoms with van der Waals surface area (Å²) in [6.07, 6.45) is 4.20. The molecule has 0 amide bonds. The zero-order valence-electron chi connectivity index (χ0n) is 10.6. The number of ether oxygens (including phenoxy) is 1. The Labute approximate surface area is 97.9 Å². The lowest BCUT2D eigenvalue weighted by Gasteiger charge is -2.37. The van der Waals surface area contributed by atoms with Gasteiger partial charge in [-0.15, -0.1) is 0 Å². The zero-order valence-corrected chi connectivity index (χ0v) is 10.6. The molecule has 16 heavy (non-hydrogen) atoms. The summed E-state index contributed by atoms with van der Waals surface area (Å²) in [6, 6.07) is 0. The predicted molar refractivity (Wildman–Crippen MR) is 63.1 cm³/mol. The van der Waals surface area contributed by atoms with Gasteiger partial charge in [0.05, 0.1) is 5.41 Å². The van der Waals surface area contributed by atoms with Crippen LogP contribution in [0.25, 0.3) is 0 Å². The van der Waals surface area contributed by atoms with Gasteiger partial charge in [-0.3, -0.25) is 4.79 Å². The number of piperidine rings is 1. The molecule has 1 saturated heterocycles. The Kier molecular flexibility index (Phi) is 2.99. The first kappa shape index (κ1) is 11.9. The molecule has 0 radical (unpaired) electrons. The summed E-state index contributed by atoms with van der Waals surface area (Å²) in [5.41, 5.74) is -0.463. The van der Waals surface area contributed by atoms with Gasteiger partial charge in [0.15, 0.2) is 0 Å². The Balaban J connectivity index is 1.93. The van der Waals surface area contributed by atoms with Crippen LogP contribution in [0.4, 0.5) is 0 Å². The van der Waals surface area contributed by atoms with Gasteiger partial charge in [-0.05, 0) is 59.5 Å². The van der Waals surface area contributed by atoms with Crippen molar-refractivity contribution >= 4 is 5.97 Å². The highest BCUT2D eigenvalue weighted by Crippen LogP contribution is 2.47. The molecule has 0 aromatic carbocycles. The summed E-state index contributed by atoms with van der Waals surface area (Å²) in [5, 5.41) is 3.34. The number of esters is 1. The topological polar surface area (TPSA) is 38.3 Å². The molecule has 0 aromatic heterocycles. The summed E-state index contributed by atoms with van der Waals surface area (Å²) in [7, 11) is 0. The van der Waals surface area contributed by atoms with Crippen LogP contribution in [-0.2, 0) is 9.53 Å². The molecule has 1 heterocycles. The molecule has 1 aliphatic heterocycles. The third-order valence-corrected chi connectivity index (χ3v) is 4.17. The van der Waals surface area contributed by atoms with Crippen LogP contribution in [0.15, 0.2) is 0 Å². The van der Waals surface area contributed by atoms with Crippen molar-refractivity contribution in [2.24, 2.45) is 11.3 Å². The molecule has 1 saturated carbocycles. The van der Waals surface area contributed by atoms with E-state index >= 15 is 0 Å². The van der Waals surface area contributed by atoms with E-state index in [1.807, 2.05) is 6.92 Å². The molecule has 2 aliphatic rings. The first-order valence-electron chi connectivity index (χ1n) is 6.38. The van der Waals surface area contributed by atoms with Crippen LogP contribution in [0.1, 0.15) is 46.5 Å². The second-order valence-corrected chi connectivity index (χ2v) is 6.08. The highest BCUT2D eigenvalue weighted by atomic mass is 16.6. The van der Waals surface area contributed by atoms with E-state index in [9.17, 15) is 4.79 Å². The van der Waals surface area contributed by atoms with E-state index in [2.05, 4.69) is 19.2 Å². The molecule has 1 N–H and O–H groups in total. The average Bonchev–Trinajstić information content (AvgIpc) is 2.99. The molecule has 0 aromatic rings. The number of nitrogens with one attached hydrogen (secondary N) is 1. The van der Waals surface area contributed by atoms with Gasteiger partial charge >= 0.3 is 5.97 Å². The Morgan fingerprint density at radius 2 is 1.88 bits per heavy atom. The lowest BCUT2D eigenvalue weighted by molar-refractivity contribution is -0.169. The predicted octanol–water partition coefficient (Wildman–Crippen LogP) is 2.11. The quantitative estimate of drug-likeness (QED) is 0.748. The maximum Gasteiger partial charge on any atom is 0.312 e. The van der Waals surface area contributed by atoms with E-state index in [1.54, 1.807) is 0 Å². The van der Waals surface area contributed by atoms with Gasteiger partial charge in [0, 0.05) is 5.92 Å². The number of carbonyl (C=O) groups excluding carboxylic acids is 1. The Hall–Kier alpha value is -0.570. The molecule has 3 heteroatoms. The van der Waals surface area contributed by atoms with E-state index in [1.165, 1.54) is 0 Å². The van der Waals surface area contributed by atoms with Crippen molar-refractivity contribution in [1.29, 1.82) is 0 Å². The van der Waals surface area contributed by atoms with Crippen molar-refractivity contribution < 1.29 is 9.53 Å². The van der Waals surface area contributed by atoms with Crippen LogP contribution in [0.5, 0.6) is 0 Å². The summed E-state index contributed by atoms with van der Waals surface area (Å²) >= 11 is 0. The van der Waals surface area contributed by atoms with E-state index in [-0.39, 0.29) is 17.0 Å². The molecule has 0 bridgehead atoms. The lowest BCUT2D eigenvalue weighted by Crippen LogP contribution is -2.43. The number of hydrogen-bond donors (Lipinski definition) is 1. The monoisotopic (exact) mass is 225 g/mol. The first-order chi connectivity index (χ1) is 7.44. The van der Waals surface area contributed by atoms with Gasteiger partial charge < -0.3 is 10.1 Å². The lowest BCUT2D eigenvalue weighted by atomic mass is 9.83. The summed E-state index contributed by atoms with van der Waals surface area (Å²) < 4.78 is 5.74. The molecule has 2 rings (SSSR count). The number of carbonyl (C=O) groups is 1. The maximum absolute atomic E-state index is 11.9. The highest BCUT2D eigenvalue weighted by Gasteiger charge is 2.49. The first-order valence-corrected chi connectivity index (χ1v) is 6.38. The third-order valence-electron chi connectivity index (χ3n) is 4.17. The van der Waals surface area contributed by atoms with Crippen LogP contribution < -0.4 is 5.32 Å². The van der Waals surface area contributed by atoms with Crippen molar-refractivity contribution in [2.75, 3.05) is 13.1 Å². The van der Waals surface area contributed by atoms with Gasteiger partial charge in [0.2, 0.25) is 0 Å². The zero-order chi connectivity index (χ0) is 11.8. The molecule has 92 valence electrons. The van der Waals surface area contributed by atoms with Gasteiger partial charge in [0.1, 0.15) is 5.60 Å². The van der Waals surface area contributed by atoms with Gasteiger partial charge in [0.25, 0.3) is 0 Å². The third kappa shape index (κ3) is 2.40. The summed E-state index contributed by atoms with van der Waals surface area (Å²) in [6.45, 7) is 8.22. The fourth-order valence-electron chi connectivity index (χ4n) is 2.35. The second-order valence-electron chi connectivity index (χ2n) is 6.08. The minimum atomic E-state index is -0.301. The van der Waals surface area contributed by atoms with Crippen LogP contribution in [0.2, 0.25) is 0 Å². The van der Waals surface area contributed by atoms with Crippen molar-refractivity contribution in [3.05, 3.63) is 0 Å². The molecular formula is C13H23NO2. The SMILES string of the molecule is CC1(C(=O)OC(C)(C)C2CCNCC2)CC1.